The van der Waals surface area contributed by atoms with E-state index in [9.17, 15) is 0 Å². The molecule has 0 N–H and O–H groups in total. The molecule has 1 unspecified atom stereocenters. The Morgan fingerprint density at radius 3 is 2.44 bits per heavy atom. The second-order valence-electron chi connectivity index (χ2n) is 4.69. The molecule has 1 heterocycles. The summed E-state index contributed by atoms with van der Waals surface area (Å²) in [5.41, 5.74) is 4.10. The molecule has 0 amide bonds. The molecule has 1 aliphatic heterocycles. The van der Waals surface area contributed by atoms with Crippen molar-refractivity contribution in [3.05, 3.63) is 59.3 Å². The van der Waals surface area contributed by atoms with E-state index in [1.54, 1.807) is 0 Å². The summed E-state index contributed by atoms with van der Waals surface area (Å²) in [5.74, 6) is 0. The Balaban J connectivity index is 2.58. The van der Waals surface area contributed by atoms with Gasteiger partial charge in [0.25, 0.3) is 0 Å². The van der Waals surface area contributed by atoms with Gasteiger partial charge in [-0.1, -0.05) is 30.3 Å². The van der Waals surface area contributed by atoms with Crippen LogP contribution in [-0.4, -0.2) is 11.9 Å². The van der Waals surface area contributed by atoms with E-state index in [0.717, 1.165) is 0 Å². The molecule has 16 heavy (non-hydrogen) atoms. The van der Waals surface area contributed by atoms with Crippen molar-refractivity contribution in [2.24, 2.45) is 0 Å². The van der Waals surface area contributed by atoms with Gasteiger partial charge in [0.1, 0.15) is 0 Å². The fourth-order valence-electron chi connectivity index (χ4n) is 2.43. The molecule has 1 nitrogen and oxygen atoms in total. The van der Waals surface area contributed by atoms with Gasteiger partial charge < -0.3 is 4.90 Å². The predicted octanol–water partition coefficient (Wildman–Crippen LogP) is 3.62. The minimum Gasteiger partial charge on any atom is -0.367 e. The van der Waals surface area contributed by atoms with Crippen LogP contribution in [0.1, 0.15) is 25.0 Å². The van der Waals surface area contributed by atoms with Crippen LogP contribution in [0, 0.1) is 6.92 Å². The number of aryl methyl sites for hydroxylation is 1. The molecule has 1 aromatic rings. The maximum Gasteiger partial charge on any atom is 0.0832 e. The quantitative estimate of drug-likeness (QED) is 0.688. The molecule has 0 spiro atoms. The lowest BCUT2D eigenvalue weighted by Crippen LogP contribution is -2.40. The van der Waals surface area contributed by atoms with Gasteiger partial charge in [-0.15, -0.1) is 0 Å². The van der Waals surface area contributed by atoms with Gasteiger partial charge in [0.2, 0.25) is 0 Å². The van der Waals surface area contributed by atoms with Gasteiger partial charge in [-0.3, -0.25) is 0 Å². The van der Waals surface area contributed by atoms with Crippen LogP contribution >= 0.6 is 0 Å². The first-order valence-electron chi connectivity index (χ1n) is 5.71. The lowest BCUT2D eigenvalue weighted by molar-refractivity contribution is 0.243. The molecule has 0 fully saturated rings. The number of rotatable bonds is 1. The number of hydrogen-bond donors (Lipinski definition) is 0. The lowest BCUT2D eigenvalue weighted by Gasteiger charge is -2.42. The van der Waals surface area contributed by atoms with Crippen LogP contribution in [0.5, 0.6) is 0 Å². The normalized spacial score (nSPS) is 24.5. The number of allylic oxidation sites excluding steroid dienone is 2. The minimum atomic E-state index is -0.0138. The van der Waals surface area contributed by atoms with Crippen molar-refractivity contribution >= 4 is 0 Å². The molecule has 0 radical (unpaired) electrons. The average molecular weight is 213 g/mol. The van der Waals surface area contributed by atoms with E-state index in [1.807, 2.05) is 0 Å². The van der Waals surface area contributed by atoms with E-state index in [1.165, 1.54) is 16.7 Å². The molecular weight excluding hydrogens is 194 g/mol. The van der Waals surface area contributed by atoms with Crippen LogP contribution in [0.15, 0.2) is 48.2 Å². The van der Waals surface area contributed by atoms with Crippen molar-refractivity contribution in [1.29, 1.82) is 0 Å². The van der Waals surface area contributed by atoms with Gasteiger partial charge >= 0.3 is 0 Å². The summed E-state index contributed by atoms with van der Waals surface area (Å²) >= 11 is 0. The van der Waals surface area contributed by atoms with Gasteiger partial charge in [0.05, 0.1) is 5.54 Å². The molecule has 0 saturated heterocycles. The second-order valence-corrected chi connectivity index (χ2v) is 4.69. The number of hydrogen-bond acceptors (Lipinski definition) is 1. The molecule has 2 rings (SSSR count). The smallest absolute Gasteiger partial charge is 0.0832 e. The van der Waals surface area contributed by atoms with E-state index < -0.39 is 0 Å². The Kier molecular flexibility index (Phi) is 2.63. The van der Waals surface area contributed by atoms with Gasteiger partial charge in [-0.2, -0.15) is 0 Å². The Bertz CT molecular complexity index is 456. The summed E-state index contributed by atoms with van der Waals surface area (Å²) in [6, 6.07) is 8.62. The summed E-state index contributed by atoms with van der Waals surface area (Å²) in [6.07, 6.45) is 6.45. The van der Waals surface area contributed by atoms with Crippen molar-refractivity contribution in [3.8, 4) is 0 Å². The molecule has 0 saturated carbocycles. The maximum atomic E-state index is 2.28. The third-order valence-corrected chi connectivity index (χ3v) is 3.80. The van der Waals surface area contributed by atoms with Crippen LogP contribution < -0.4 is 0 Å². The number of benzene rings is 1. The molecule has 0 aromatic heterocycles. The van der Waals surface area contributed by atoms with Crippen molar-refractivity contribution in [2.75, 3.05) is 7.05 Å². The van der Waals surface area contributed by atoms with Crippen LogP contribution in [0.2, 0.25) is 0 Å². The van der Waals surface area contributed by atoms with E-state index in [0.29, 0.717) is 0 Å². The van der Waals surface area contributed by atoms with E-state index in [4.69, 9.17) is 0 Å². The fraction of sp³-hybridized carbons (Fsp3) is 0.333. The standard InChI is InChI=1S/C15H19N/c1-12-8-5-6-10-14(12)15(3)13(2)9-7-11-16(15)4/h5-11H,1-4H3. The molecule has 0 bridgehead atoms. The monoisotopic (exact) mass is 213 g/mol. The van der Waals surface area contributed by atoms with Crippen molar-refractivity contribution < 1.29 is 0 Å². The topological polar surface area (TPSA) is 3.24 Å². The SMILES string of the molecule is CC1=CC=CN(C)C1(C)c1ccccc1C. The molecule has 84 valence electrons. The molecule has 0 aliphatic carbocycles. The molecular formula is C15H19N. The predicted molar refractivity (Wildman–Crippen MR) is 69.2 cm³/mol. The molecule has 1 atom stereocenters. The van der Waals surface area contributed by atoms with Gasteiger partial charge in [0.15, 0.2) is 0 Å². The van der Waals surface area contributed by atoms with Gasteiger partial charge in [-0.05, 0) is 49.7 Å². The van der Waals surface area contributed by atoms with Crippen LogP contribution in [-0.2, 0) is 5.54 Å². The molecule has 1 heteroatoms. The highest BCUT2D eigenvalue weighted by atomic mass is 15.2. The average Bonchev–Trinajstić information content (AvgIpc) is 2.26. The maximum absolute atomic E-state index is 2.28. The Hall–Kier alpha value is -1.50. The zero-order valence-corrected chi connectivity index (χ0v) is 10.5. The summed E-state index contributed by atoms with van der Waals surface area (Å²) in [6.45, 7) is 6.66. The largest absolute Gasteiger partial charge is 0.367 e. The summed E-state index contributed by atoms with van der Waals surface area (Å²) in [5, 5.41) is 0. The third kappa shape index (κ3) is 1.47. The summed E-state index contributed by atoms with van der Waals surface area (Å²) in [4.78, 5) is 2.28. The Morgan fingerprint density at radius 1 is 1.12 bits per heavy atom. The van der Waals surface area contributed by atoms with Crippen LogP contribution in [0.3, 0.4) is 0 Å². The van der Waals surface area contributed by atoms with Crippen molar-refractivity contribution in [1.82, 2.24) is 4.90 Å². The summed E-state index contributed by atoms with van der Waals surface area (Å²) < 4.78 is 0. The first-order chi connectivity index (χ1) is 7.56. The first kappa shape index (κ1) is 11.0. The Morgan fingerprint density at radius 2 is 1.81 bits per heavy atom. The van der Waals surface area contributed by atoms with E-state index in [2.05, 4.69) is 75.3 Å². The zero-order chi connectivity index (χ0) is 11.8. The van der Waals surface area contributed by atoms with E-state index in [-0.39, 0.29) is 5.54 Å². The fourth-order valence-corrected chi connectivity index (χ4v) is 2.43. The van der Waals surface area contributed by atoms with Gasteiger partial charge in [-0.25, -0.2) is 0 Å². The van der Waals surface area contributed by atoms with E-state index >= 15 is 0 Å². The lowest BCUT2D eigenvalue weighted by atomic mass is 9.80. The van der Waals surface area contributed by atoms with Crippen LogP contribution in [0.25, 0.3) is 0 Å². The highest BCUT2D eigenvalue weighted by Gasteiger charge is 2.33. The molecule has 1 aromatic carbocycles. The first-order valence-corrected chi connectivity index (χ1v) is 5.71. The molecule has 1 aliphatic rings. The summed E-state index contributed by atoms with van der Waals surface area (Å²) in [7, 11) is 2.14. The Labute approximate surface area is 98.1 Å². The van der Waals surface area contributed by atoms with Crippen molar-refractivity contribution in [2.45, 2.75) is 26.3 Å². The highest BCUT2D eigenvalue weighted by molar-refractivity contribution is 5.42. The third-order valence-electron chi connectivity index (χ3n) is 3.80. The van der Waals surface area contributed by atoms with Crippen molar-refractivity contribution in [3.63, 3.8) is 0 Å². The van der Waals surface area contributed by atoms with Crippen LogP contribution in [0.4, 0.5) is 0 Å². The second kappa shape index (κ2) is 3.82. The van der Waals surface area contributed by atoms with Gasteiger partial charge in [0, 0.05) is 7.05 Å². The highest BCUT2D eigenvalue weighted by Crippen LogP contribution is 2.38. The minimum absolute atomic E-state index is 0.0138. The number of likely N-dealkylation sites (N-methyl/N-ethyl adjacent to an activating group) is 1. The number of nitrogens with zero attached hydrogens (tertiary/aromatic N) is 1. The zero-order valence-electron chi connectivity index (χ0n) is 10.5.